The van der Waals surface area contributed by atoms with Gasteiger partial charge in [0.25, 0.3) is 0 Å². The van der Waals surface area contributed by atoms with E-state index in [2.05, 4.69) is 0 Å². The van der Waals surface area contributed by atoms with Crippen LogP contribution in [0.25, 0.3) is 0 Å². The van der Waals surface area contributed by atoms with E-state index in [1.165, 1.54) is 4.90 Å². The van der Waals surface area contributed by atoms with Crippen molar-refractivity contribution in [2.45, 2.75) is 38.5 Å². The lowest BCUT2D eigenvalue weighted by atomic mass is 9.81. The van der Waals surface area contributed by atoms with Gasteiger partial charge in [-0.3, -0.25) is 9.89 Å². The highest BCUT2D eigenvalue weighted by Crippen LogP contribution is 2.49. The number of aliphatic imine (C=N–C) groups is 1. The number of carbonyl (C=O) groups is 1. The molecule has 0 fully saturated rings. The van der Waals surface area contributed by atoms with Crippen LogP contribution in [-0.2, 0) is 5.54 Å². The van der Waals surface area contributed by atoms with E-state index in [0.29, 0.717) is 27.1 Å². The van der Waals surface area contributed by atoms with Gasteiger partial charge in [-0.05, 0) is 68.3 Å². The van der Waals surface area contributed by atoms with E-state index in [1.807, 2.05) is 45.0 Å². The zero-order chi connectivity index (χ0) is 25.3. The van der Waals surface area contributed by atoms with Crippen molar-refractivity contribution < 1.29 is 19.4 Å². The Kier molecular flexibility index (Phi) is 6.97. The topological polar surface area (TPSA) is 71.4 Å². The van der Waals surface area contributed by atoms with Crippen molar-refractivity contribution in [3.8, 4) is 11.5 Å². The highest BCUT2D eigenvalue weighted by atomic mass is 35.5. The van der Waals surface area contributed by atoms with Crippen LogP contribution < -0.4 is 9.47 Å². The molecule has 6 nitrogen and oxygen atoms in total. The minimum atomic E-state index is -1.13. The molecule has 0 saturated heterocycles. The fourth-order valence-electron chi connectivity index (χ4n) is 4.39. The molecule has 0 aromatic heterocycles. The number of benzene rings is 3. The second-order valence-electron chi connectivity index (χ2n) is 8.73. The second-order valence-corrected chi connectivity index (χ2v) is 9.60. The van der Waals surface area contributed by atoms with Gasteiger partial charge in [0.05, 0.1) is 24.8 Å². The molecular weight excluding hydrogens is 487 g/mol. The molecule has 0 bridgehead atoms. The van der Waals surface area contributed by atoms with Gasteiger partial charge in [-0.2, -0.15) is 0 Å². The average molecular weight is 513 g/mol. The van der Waals surface area contributed by atoms with Crippen LogP contribution >= 0.6 is 23.2 Å². The summed E-state index contributed by atoms with van der Waals surface area (Å²) in [5.41, 5.74) is 1.18. The normalized spacial score (nSPS) is 19.6. The molecule has 0 saturated carbocycles. The summed E-state index contributed by atoms with van der Waals surface area (Å²) in [4.78, 5) is 19.2. The molecule has 1 amide bonds. The van der Waals surface area contributed by atoms with Crippen LogP contribution in [0, 0.1) is 0 Å². The maximum Gasteiger partial charge on any atom is 0.413 e. The minimum absolute atomic E-state index is 0.143. The van der Waals surface area contributed by atoms with Crippen molar-refractivity contribution in [2.75, 3.05) is 7.11 Å². The van der Waals surface area contributed by atoms with Crippen LogP contribution in [-0.4, -0.2) is 35.1 Å². The highest BCUT2D eigenvalue weighted by molar-refractivity contribution is 6.30. The van der Waals surface area contributed by atoms with Crippen LogP contribution in [0.5, 0.6) is 11.5 Å². The first-order chi connectivity index (χ1) is 16.6. The molecule has 3 aromatic rings. The number of carboxylic acid groups (broad SMARTS) is 1. The van der Waals surface area contributed by atoms with Crippen molar-refractivity contribution in [3.05, 3.63) is 93.5 Å². The van der Waals surface area contributed by atoms with Gasteiger partial charge in [-0.25, -0.2) is 4.79 Å². The van der Waals surface area contributed by atoms with E-state index in [0.717, 1.165) is 11.1 Å². The third-order valence-corrected chi connectivity index (χ3v) is 6.47. The van der Waals surface area contributed by atoms with Gasteiger partial charge >= 0.3 is 6.09 Å². The molecule has 182 valence electrons. The Bertz CT molecular complexity index is 1260. The van der Waals surface area contributed by atoms with Crippen molar-refractivity contribution in [2.24, 2.45) is 4.99 Å². The number of amides is 1. The molecule has 0 aliphatic carbocycles. The quantitative estimate of drug-likeness (QED) is 0.379. The molecule has 0 unspecified atom stereocenters. The number of hydrogen-bond acceptors (Lipinski definition) is 4. The first kappa shape index (κ1) is 24.9. The Hall–Kier alpha value is -3.22. The van der Waals surface area contributed by atoms with Crippen molar-refractivity contribution in [1.82, 2.24) is 4.90 Å². The van der Waals surface area contributed by atoms with Crippen molar-refractivity contribution in [3.63, 3.8) is 0 Å². The molecule has 1 N–H and O–H groups in total. The highest BCUT2D eigenvalue weighted by Gasteiger charge is 2.51. The molecule has 0 spiro atoms. The Morgan fingerprint density at radius 3 is 2.17 bits per heavy atom. The molecule has 2 atom stereocenters. The molecule has 1 aliphatic heterocycles. The van der Waals surface area contributed by atoms with Crippen LogP contribution in [0.3, 0.4) is 0 Å². The van der Waals surface area contributed by atoms with Crippen molar-refractivity contribution in [1.29, 1.82) is 0 Å². The van der Waals surface area contributed by atoms with Gasteiger partial charge in [0, 0.05) is 16.1 Å². The summed E-state index contributed by atoms with van der Waals surface area (Å²) < 4.78 is 11.4. The van der Waals surface area contributed by atoms with Crippen LogP contribution in [0.1, 0.15) is 43.5 Å². The molecule has 35 heavy (non-hydrogen) atoms. The summed E-state index contributed by atoms with van der Waals surface area (Å²) >= 11 is 12.3. The number of ether oxygens (including phenoxy) is 2. The van der Waals surface area contributed by atoms with E-state index in [-0.39, 0.29) is 11.9 Å². The summed E-state index contributed by atoms with van der Waals surface area (Å²) in [5, 5.41) is 11.6. The summed E-state index contributed by atoms with van der Waals surface area (Å²) in [6.07, 6.45) is -1.27. The predicted molar refractivity (Wildman–Crippen MR) is 138 cm³/mol. The fourth-order valence-corrected chi connectivity index (χ4v) is 4.65. The van der Waals surface area contributed by atoms with Crippen LogP contribution in [0.4, 0.5) is 4.79 Å². The second kappa shape index (κ2) is 9.80. The number of rotatable bonds is 6. The van der Waals surface area contributed by atoms with E-state index in [9.17, 15) is 9.90 Å². The number of methoxy groups -OCH3 is 1. The largest absolute Gasteiger partial charge is 0.497 e. The smallest absolute Gasteiger partial charge is 0.413 e. The van der Waals surface area contributed by atoms with Crippen LogP contribution in [0.15, 0.2) is 71.7 Å². The van der Waals surface area contributed by atoms with Crippen LogP contribution in [0.2, 0.25) is 10.0 Å². The predicted octanol–water partition coefficient (Wildman–Crippen LogP) is 7.19. The maximum atomic E-state index is 12.8. The molecule has 1 aliphatic rings. The summed E-state index contributed by atoms with van der Waals surface area (Å²) in [6, 6.07) is 19.1. The molecular formula is C27H26Cl2N2O4. The zero-order valence-corrected chi connectivity index (χ0v) is 21.3. The SMILES string of the molecule is COc1ccc(C2=N[C@@](C)(c3ccc(Cl)cc3)[C@@H](c3ccc(Cl)cc3)N2C(=O)O)c(OC(C)C)c1. The lowest BCUT2D eigenvalue weighted by Crippen LogP contribution is -2.40. The third kappa shape index (κ3) is 4.81. The average Bonchev–Trinajstić information content (AvgIpc) is 3.13. The van der Waals surface area contributed by atoms with Gasteiger partial charge in [0.15, 0.2) is 0 Å². The van der Waals surface area contributed by atoms with Gasteiger partial charge in [-0.15, -0.1) is 0 Å². The van der Waals surface area contributed by atoms with E-state index >= 15 is 0 Å². The molecule has 1 heterocycles. The Labute approximate surface area is 214 Å². The van der Waals surface area contributed by atoms with E-state index in [4.69, 9.17) is 37.7 Å². The monoisotopic (exact) mass is 512 g/mol. The first-order valence-corrected chi connectivity index (χ1v) is 11.9. The lowest BCUT2D eigenvalue weighted by Gasteiger charge is -2.34. The van der Waals surface area contributed by atoms with Gasteiger partial charge < -0.3 is 14.6 Å². The minimum Gasteiger partial charge on any atom is -0.497 e. The molecule has 4 rings (SSSR count). The number of hydrogen-bond donors (Lipinski definition) is 1. The zero-order valence-electron chi connectivity index (χ0n) is 19.8. The van der Waals surface area contributed by atoms with Crippen molar-refractivity contribution >= 4 is 35.1 Å². The Morgan fingerprint density at radius 1 is 1.03 bits per heavy atom. The number of halogens is 2. The number of nitrogens with zero attached hydrogens (tertiary/aromatic N) is 2. The van der Waals surface area contributed by atoms with E-state index in [1.54, 1.807) is 49.6 Å². The fraction of sp³-hybridized carbons (Fsp3) is 0.259. The van der Waals surface area contributed by atoms with E-state index < -0.39 is 17.7 Å². The number of amidine groups is 1. The van der Waals surface area contributed by atoms with Gasteiger partial charge in [-0.1, -0.05) is 47.5 Å². The molecule has 0 radical (unpaired) electrons. The summed E-state index contributed by atoms with van der Waals surface area (Å²) in [7, 11) is 1.57. The Balaban J connectivity index is 1.97. The lowest BCUT2D eigenvalue weighted by molar-refractivity contribution is 0.147. The first-order valence-electron chi connectivity index (χ1n) is 11.1. The standard InChI is InChI=1S/C27H26Cl2N2O4/c1-16(2)35-23-15-21(34-4)13-14-22(23)25-30-27(3,18-7-11-20(29)12-8-18)24(31(25)26(32)33)17-5-9-19(28)10-6-17/h5-16,24H,1-4H3,(H,32,33)/t24-,27+/m1/s1. The summed E-state index contributed by atoms with van der Waals surface area (Å²) in [6.45, 7) is 5.73. The molecule has 8 heteroatoms. The summed E-state index contributed by atoms with van der Waals surface area (Å²) in [5.74, 6) is 1.37. The van der Waals surface area contributed by atoms with Gasteiger partial charge in [0.2, 0.25) is 0 Å². The molecule has 3 aromatic carbocycles. The third-order valence-electron chi connectivity index (χ3n) is 5.97. The Morgan fingerprint density at radius 2 is 1.63 bits per heavy atom. The van der Waals surface area contributed by atoms with Gasteiger partial charge in [0.1, 0.15) is 22.9 Å². The maximum absolute atomic E-state index is 12.8.